The van der Waals surface area contributed by atoms with Crippen LogP contribution in [0.5, 0.6) is 0 Å². The van der Waals surface area contributed by atoms with Crippen LogP contribution in [0.2, 0.25) is 0 Å². The van der Waals surface area contributed by atoms with Crippen LogP contribution in [0.3, 0.4) is 0 Å². The third-order valence-electron chi connectivity index (χ3n) is 0.164. The standard InChI is InChI=1S/C3HI3/c4-2-1-3(5)6/h2H. The molecule has 0 aromatic rings. The lowest BCUT2D eigenvalue weighted by Gasteiger charge is -1.63. The van der Waals surface area contributed by atoms with Gasteiger partial charge >= 0.3 is 0 Å². The van der Waals surface area contributed by atoms with Crippen molar-refractivity contribution in [2.75, 3.05) is 0 Å². The van der Waals surface area contributed by atoms with Gasteiger partial charge in [0.1, 0.15) is 0 Å². The lowest BCUT2D eigenvalue weighted by atomic mass is 11.0. The van der Waals surface area contributed by atoms with Gasteiger partial charge in [-0.2, -0.15) is 0 Å². The van der Waals surface area contributed by atoms with Crippen molar-refractivity contribution in [1.29, 1.82) is 0 Å². The Morgan fingerprint density at radius 1 is 1.50 bits per heavy atom. The quantitative estimate of drug-likeness (QED) is 0.419. The van der Waals surface area contributed by atoms with Gasteiger partial charge in [-0.15, -0.1) is 0 Å². The molecule has 0 N–H and O–H groups in total. The highest BCUT2D eigenvalue weighted by Gasteiger charge is 1.67. The molecule has 0 heterocycles. The molecule has 0 saturated carbocycles. The van der Waals surface area contributed by atoms with Gasteiger partial charge in [0, 0.05) is 4.08 Å². The maximum atomic E-state index is 2.96. The molecule has 0 rings (SSSR count). The summed E-state index contributed by atoms with van der Waals surface area (Å²) in [6.07, 6.45) is 0. The van der Waals surface area contributed by atoms with Gasteiger partial charge in [0.2, 0.25) is 0 Å². The molecule has 0 spiro atoms. The first-order valence-electron chi connectivity index (χ1n) is 1.13. The smallest absolute Gasteiger partial charge is 0.0931 e. The van der Waals surface area contributed by atoms with Crippen LogP contribution >= 0.6 is 67.8 Å². The molecule has 34 valence electrons. The van der Waals surface area contributed by atoms with E-state index in [1.807, 2.05) is 4.08 Å². The fraction of sp³-hybridized carbons (Fsp3) is 0. The minimum atomic E-state index is 1.17. The molecule has 0 atom stereocenters. The molecular formula is C3HI3. The van der Waals surface area contributed by atoms with Crippen molar-refractivity contribution in [3.8, 4) is 0 Å². The third kappa shape index (κ3) is 5.71. The van der Waals surface area contributed by atoms with Gasteiger partial charge in [-0.1, -0.05) is 5.73 Å². The average molecular weight is 418 g/mol. The summed E-state index contributed by atoms with van der Waals surface area (Å²) in [4.78, 5) is 0. The first-order chi connectivity index (χ1) is 2.77. The zero-order valence-corrected chi connectivity index (χ0v) is 9.18. The highest BCUT2D eigenvalue weighted by Crippen LogP contribution is 2.12. The SMILES string of the molecule is IC=C=C(I)I. The van der Waals surface area contributed by atoms with Crippen LogP contribution in [0.15, 0.2) is 11.4 Å². The van der Waals surface area contributed by atoms with Crippen LogP contribution in [0.1, 0.15) is 0 Å². The van der Waals surface area contributed by atoms with Gasteiger partial charge in [-0.25, -0.2) is 0 Å². The molecule has 0 fully saturated rings. The summed E-state index contributed by atoms with van der Waals surface area (Å²) in [6.45, 7) is 0. The molecule has 0 radical (unpaired) electrons. The number of halogens is 3. The molecule has 0 amide bonds. The Bertz CT molecular complexity index is 84.2. The fourth-order valence-electron chi connectivity index (χ4n) is 0.0412. The van der Waals surface area contributed by atoms with E-state index in [9.17, 15) is 0 Å². The Balaban J connectivity index is 3.73. The van der Waals surface area contributed by atoms with E-state index in [1.165, 1.54) is 1.59 Å². The van der Waals surface area contributed by atoms with E-state index in [1.54, 1.807) is 0 Å². The topological polar surface area (TPSA) is 0 Å². The molecule has 6 heavy (non-hydrogen) atoms. The van der Waals surface area contributed by atoms with Crippen molar-refractivity contribution in [1.82, 2.24) is 0 Å². The summed E-state index contributed by atoms with van der Waals surface area (Å²) in [5.41, 5.74) is 2.96. The monoisotopic (exact) mass is 418 g/mol. The molecule has 0 aliphatic heterocycles. The lowest BCUT2D eigenvalue weighted by molar-refractivity contribution is 2.45. The number of rotatable bonds is 0. The molecular weight excluding hydrogens is 417 g/mol. The Kier molecular flexibility index (Phi) is 6.24. The second-order valence-corrected chi connectivity index (χ2v) is 5.36. The van der Waals surface area contributed by atoms with Crippen molar-refractivity contribution in [3.63, 3.8) is 0 Å². The maximum Gasteiger partial charge on any atom is 0.0935 e. The van der Waals surface area contributed by atoms with E-state index in [-0.39, 0.29) is 0 Å². The Morgan fingerprint density at radius 3 is 2.00 bits per heavy atom. The zero-order chi connectivity index (χ0) is 4.99. The first kappa shape index (κ1) is 7.71. The van der Waals surface area contributed by atoms with Crippen LogP contribution in [0, 0.1) is 0 Å². The van der Waals surface area contributed by atoms with Crippen LogP contribution in [-0.2, 0) is 0 Å². The van der Waals surface area contributed by atoms with Crippen LogP contribution in [0.25, 0.3) is 0 Å². The first-order valence-corrected chi connectivity index (χ1v) is 4.54. The summed E-state index contributed by atoms with van der Waals surface area (Å²) in [5.74, 6) is 0. The Labute approximate surface area is 77.9 Å². The highest BCUT2D eigenvalue weighted by atomic mass is 127. The van der Waals surface area contributed by atoms with Crippen LogP contribution in [-0.4, -0.2) is 0 Å². The van der Waals surface area contributed by atoms with Crippen LogP contribution in [0.4, 0.5) is 0 Å². The van der Waals surface area contributed by atoms with Gasteiger partial charge in [0.05, 0.1) is 1.59 Å². The highest BCUT2D eigenvalue weighted by molar-refractivity contribution is 14.2. The van der Waals surface area contributed by atoms with E-state index in [2.05, 4.69) is 73.5 Å². The van der Waals surface area contributed by atoms with Crippen molar-refractivity contribution in [3.05, 3.63) is 11.4 Å². The van der Waals surface area contributed by atoms with Gasteiger partial charge < -0.3 is 0 Å². The molecule has 0 unspecified atom stereocenters. The van der Waals surface area contributed by atoms with Gasteiger partial charge in [-0.3, -0.25) is 0 Å². The maximum absolute atomic E-state index is 2.96. The molecule has 0 aliphatic carbocycles. The number of hydrogen-bond acceptors (Lipinski definition) is 0. The van der Waals surface area contributed by atoms with E-state index in [0.717, 1.165) is 0 Å². The predicted octanol–water partition coefficient (Wildman–Crippen LogP) is 3.25. The largest absolute Gasteiger partial charge is 0.0935 e. The molecule has 3 heteroatoms. The van der Waals surface area contributed by atoms with Crippen molar-refractivity contribution >= 4 is 67.8 Å². The molecule has 0 aromatic heterocycles. The van der Waals surface area contributed by atoms with E-state index >= 15 is 0 Å². The molecule has 0 bridgehead atoms. The normalized spacial score (nSPS) is 6.50. The second-order valence-electron chi connectivity index (χ2n) is 0.514. The van der Waals surface area contributed by atoms with Crippen LogP contribution < -0.4 is 0 Å². The summed E-state index contributed by atoms with van der Waals surface area (Å²) >= 11 is 6.53. The van der Waals surface area contributed by atoms with E-state index in [4.69, 9.17) is 0 Å². The molecule has 0 aromatic carbocycles. The minimum absolute atomic E-state index is 1.17. The number of hydrogen-bond donors (Lipinski definition) is 0. The average Bonchev–Trinajstić information content (AvgIpc) is 1.35. The fourth-order valence-corrected chi connectivity index (χ4v) is 1.86. The van der Waals surface area contributed by atoms with Crippen molar-refractivity contribution in [2.24, 2.45) is 0 Å². The van der Waals surface area contributed by atoms with E-state index < -0.39 is 0 Å². The van der Waals surface area contributed by atoms with Crippen molar-refractivity contribution < 1.29 is 0 Å². The van der Waals surface area contributed by atoms with Gasteiger partial charge in [0.25, 0.3) is 0 Å². The Morgan fingerprint density at radius 2 is 2.00 bits per heavy atom. The zero-order valence-electron chi connectivity index (χ0n) is 2.71. The van der Waals surface area contributed by atoms with Gasteiger partial charge in [0.15, 0.2) is 0 Å². The summed E-state index contributed by atoms with van der Waals surface area (Å²) in [7, 11) is 0. The Hall–Kier alpha value is 1.71. The second kappa shape index (κ2) is 4.86. The molecule has 0 nitrogen and oxygen atoms in total. The third-order valence-corrected chi connectivity index (χ3v) is 1.10. The molecule has 0 aliphatic rings. The summed E-state index contributed by atoms with van der Waals surface area (Å²) in [5, 5.41) is 0. The minimum Gasteiger partial charge on any atom is -0.0931 e. The molecule has 0 saturated heterocycles. The summed E-state index contributed by atoms with van der Waals surface area (Å²) in [6, 6.07) is 0. The predicted molar refractivity (Wildman–Crippen MR) is 53.7 cm³/mol. The van der Waals surface area contributed by atoms with Gasteiger partial charge in [-0.05, 0) is 67.8 Å². The van der Waals surface area contributed by atoms with E-state index in [0.29, 0.717) is 0 Å². The summed E-state index contributed by atoms with van der Waals surface area (Å²) < 4.78 is 3.03. The van der Waals surface area contributed by atoms with Crippen molar-refractivity contribution in [2.45, 2.75) is 0 Å². The lowest BCUT2D eigenvalue weighted by Crippen LogP contribution is -1.29.